The van der Waals surface area contributed by atoms with E-state index >= 15 is 0 Å². The first-order chi connectivity index (χ1) is 10.7. The Hall–Kier alpha value is -0.330. The summed E-state index contributed by atoms with van der Waals surface area (Å²) in [5.41, 5.74) is 0. The minimum atomic E-state index is -4.30. The summed E-state index contributed by atoms with van der Waals surface area (Å²) in [6, 6.07) is 0. The van der Waals surface area contributed by atoms with Crippen LogP contribution in [0, 0.1) is 0 Å². The molecule has 0 amide bonds. The molecule has 0 aromatic rings. The summed E-state index contributed by atoms with van der Waals surface area (Å²) >= 11 is 0. The Bertz CT molecular complexity index is 429. The molecule has 0 spiro atoms. The molecular weight excluding hydrogens is 326 g/mol. The first-order valence-electron chi connectivity index (χ1n) is 7.79. The smallest absolute Gasteiger partial charge is 0.335 e. The predicted octanol–water partition coefficient (Wildman–Crippen LogP) is -1.90. The lowest BCUT2D eigenvalue weighted by molar-refractivity contribution is 0.00514. The van der Waals surface area contributed by atoms with E-state index in [4.69, 9.17) is 9.29 Å². The maximum atomic E-state index is 11.1. The molecule has 0 saturated carbocycles. The average molecular weight is 355 g/mol. The van der Waals surface area contributed by atoms with Gasteiger partial charge in [-0.15, -0.1) is 0 Å². The Morgan fingerprint density at radius 3 is 2.22 bits per heavy atom. The van der Waals surface area contributed by atoms with E-state index < -0.39 is 22.5 Å². The van der Waals surface area contributed by atoms with Crippen LogP contribution in [0.25, 0.3) is 0 Å². The highest BCUT2D eigenvalue weighted by Gasteiger charge is 2.22. The Morgan fingerprint density at radius 1 is 1.13 bits per heavy atom. The van der Waals surface area contributed by atoms with Gasteiger partial charge in [0.05, 0.1) is 25.4 Å². The van der Waals surface area contributed by atoms with Gasteiger partial charge in [0.15, 0.2) is 0 Å². The van der Waals surface area contributed by atoms with Gasteiger partial charge in [-0.3, -0.25) is 9.45 Å². The lowest BCUT2D eigenvalue weighted by Crippen LogP contribution is -2.46. The van der Waals surface area contributed by atoms with E-state index in [0.29, 0.717) is 26.3 Å². The van der Waals surface area contributed by atoms with Crippen LogP contribution in [0.4, 0.5) is 0 Å². The molecule has 1 aliphatic rings. The third kappa shape index (κ3) is 8.36. The molecule has 0 unspecified atom stereocenters. The largest absolute Gasteiger partial charge is 0.390 e. The number of ether oxygens (including phenoxy) is 1. The van der Waals surface area contributed by atoms with Crippen LogP contribution >= 0.6 is 0 Å². The van der Waals surface area contributed by atoms with Crippen molar-refractivity contribution >= 4 is 10.3 Å². The van der Waals surface area contributed by atoms with Crippen molar-refractivity contribution in [3.05, 3.63) is 0 Å². The van der Waals surface area contributed by atoms with E-state index in [2.05, 4.69) is 4.90 Å². The predicted molar refractivity (Wildman–Crippen MR) is 85.6 cm³/mol. The minimum absolute atomic E-state index is 0.0826. The van der Waals surface area contributed by atoms with Crippen LogP contribution in [-0.4, -0.2) is 116 Å². The van der Waals surface area contributed by atoms with Crippen molar-refractivity contribution in [2.24, 2.45) is 0 Å². The van der Waals surface area contributed by atoms with E-state index in [0.717, 1.165) is 17.4 Å². The minimum Gasteiger partial charge on any atom is -0.390 e. The first kappa shape index (κ1) is 20.7. The highest BCUT2D eigenvalue weighted by Crippen LogP contribution is 2.03. The van der Waals surface area contributed by atoms with Gasteiger partial charge in [-0.25, -0.2) is 0 Å². The Kier molecular flexibility index (Phi) is 8.86. The van der Waals surface area contributed by atoms with Crippen molar-refractivity contribution in [3.8, 4) is 0 Å². The second kappa shape index (κ2) is 9.84. The first-order valence-corrected chi connectivity index (χ1v) is 9.19. The molecule has 10 heteroatoms. The van der Waals surface area contributed by atoms with Gasteiger partial charge in [-0.05, 0) is 7.05 Å². The zero-order chi connectivity index (χ0) is 17.5. The summed E-state index contributed by atoms with van der Waals surface area (Å²) in [5.74, 6) is 0. The molecule has 1 aliphatic heterocycles. The third-order valence-corrected chi connectivity index (χ3v) is 4.77. The van der Waals surface area contributed by atoms with Gasteiger partial charge in [0.25, 0.3) is 0 Å². The second-order valence-electron chi connectivity index (χ2n) is 5.87. The number of β-amino-alcohol motifs (C(OH)–C–C–N with tert-alkyl or cyclic N) is 1. The summed E-state index contributed by atoms with van der Waals surface area (Å²) in [6.07, 6.45) is -1.51. The second-order valence-corrected chi connectivity index (χ2v) is 7.28. The number of hydrogen-bond acceptors (Lipinski definition) is 7. The summed E-state index contributed by atoms with van der Waals surface area (Å²) in [4.78, 5) is 3.86. The van der Waals surface area contributed by atoms with Crippen LogP contribution in [-0.2, 0) is 15.0 Å². The molecule has 138 valence electrons. The molecule has 1 heterocycles. The topological polar surface area (TPSA) is 114 Å². The van der Waals surface area contributed by atoms with Crippen LogP contribution in [0.15, 0.2) is 0 Å². The molecule has 0 aliphatic carbocycles. The zero-order valence-corrected chi connectivity index (χ0v) is 14.7. The summed E-state index contributed by atoms with van der Waals surface area (Å²) in [7, 11) is -2.56. The van der Waals surface area contributed by atoms with Crippen LogP contribution in [0.1, 0.15) is 6.92 Å². The number of aliphatic hydroxyl groups excluding tert-OH is 2. The van der Waals surface area contributed by atoms with Gasteiger partial charge in [0, 0.05) is 45.8 Å². The molecule has 0 aromatic carbocycles. The summed E-state index contributed by atoms with van der Waals surface area (Å²) < 4.78 is 37.2. The van der Waals surface area contributed by atoms with Gasteiger partial charge >= 0.3 is 10.3 Å². The maximum Gasteiger partial charge on any atom is 0.335 e. The normalized spacial score (nSPS) is 20.1. The fraction of sp³-hybridized carbons (Fsp3) is 1.00. The number of rotatable bonds is 10. The molecule has 1 fully saturated rings. The van der Waals surface area contributed by atoms with Crippen LogP contribution < -0.4 is 0 Å². The monoisotopic (exact) mass is 355 g/mol. The van der Waals surface area contributed by atoms with Crippen molar-refractivity contribution < 1.29 is 27.9 Å². The molecule has 3 N–H and O–H groups in total. The van der Waals surface area contributed by atoms with E-state index in [1.165, 1.54) is 0 Å². The fourth-order valence-corrected chi connectivity index (χ4v) is 3.30. The molecule has 0 radical (unpaired) electrons. The van der Waals surface area contributed by atoms with E-state index in [1.807, 2.05) is 0 Å². The van der Waals surface area contributed by atoms with E-state index in [9.17, 15) is 18.6 Å². The number of aliphatic hydroxyl groups is 2. The standard InChI is InChI=1S/C13H29N3O6S/c1-3-16(23(19,20)21)11-13(18)9-14(2)8-12(17)10-15-4-6-22-7-5-15/h12-13,17-18H,3-11H2,1-2H3,(H,19,20,21)/t12-,13-/m0/s1. The molecule has 0 aromatic heterocycles. The number of hydrogen-bond donors (Lipinski definition) is 3. The van der Waals surface area contributed by atoms with Crippen LogP contribution in [0.2, 0.25) is 0 Å². The summed E-state index contributed by atoms with van der Waals surface area (Å²) in [6.45, 7) is 5.52. The Balaban J connectivity index is 2.32. The molecule has 9 nitrogen and oxygen atoms in total. The lowest BCUT2D eigenvalue weighted by atomic mass is 10.2. The van der Waals surface area contributed by atoms with Crippen molar-refractivity contribution in [3.63, 3.8) is 0 Å². The molecular formula is C13H29N3O6S. The Labute approximate surface area is 138 Å². The SMILES string of the molecule is CCN(C[C@@H](O)CN(C)C[C@H](O)CN1CCOCC1)S(=O)(=O)O. The van der Waals surface area contributed by atoms with Gasteiger partial charge in [0.2, 0.25) is 0 Å². The molecule has 1 rings (SSSR count). The van der Waals surface area contributed by atoms with Gasteiger partial charge in [-0.1, -0.05) is 6.92 Å². The van der Waals surface area contributed by atoms with Gasteiger partial charge in [0.1, 0.15) is 0 Å². The maximum absolute atomic E-state index is 11.1. The van der Waals surface area contributed by atoms with Crippen molar-refractivity contribution in [2.75, 3.05) is 66.1 Å². The van der Waals surface area contributed by atoms with Crippen LogP contribution in [0.3, 0.4) is 0 Å². The summed E-state index contributed by atoms with van der Waals surface area (Å²) in [5, 5.41) is 20.0. The van der Waals surface area contributed by atoms with E-state index in [-0.39, 0.29) is 19.6 Å². The van der Waals surface area contributed by atoms with Crippen LogP contribution in [0.5, 0.6) is 0 Å². The Morgan fingerprint density at radius 2 is 1.70 bits per heavy atom. The lowest BCUT2D eigenvalue weighted by Gasteiger charge is -2.30. The van der Waals surface area contributed by atoms with Crippen molar-refractivity contribution in [1.82, 2.24) is 14.1 Å². The van der Waals surface area contributed by atoms with E-state index in [1.54, 1.807) is 18.9 Å². The number of morpholine rings is 1. The van der Waals surface area contributed by atoms with Crippen molar-refractivity contribution in [2.45, 2.75) is 19.1 Å². The molecule has 23 heavy (non-hydrogen) atoms. The van der Waals surface area contributed by atoms with Gasteiger partial charge in [-0.2, -0.15) is 12.7 Å². The molecule has 1 saturated heterocycles. The van der Waals surface area contributed by atoms with Gasteiger partial charge < -0.3 is 19.8 Å². The number of nitrogens with zero attached hydrogens (tertiary/aromatic N) is 3. The fourth-order valence-electron chi connectivity index (χ4n) is 2.61. The molecule has 2 atom stereocenters. The molecule has 0 bridgehead atoms. The highest BCUT2D eigenvalue weighted by molar-refractivity contribution is 7.83. The number of likely N-dealkylation sites (N-methyl/N-ethyl adjacent to an activating group) is 2. The van der Waals surface area contributed by atoms with Crippen molar-refractivity contribution in [1.29, 1.82) is 0 Å². The third-order valence-electron chi connectivity index (χ3n) is 3.71. The quantitative estimate of drug-likeness (QED) is 0.389. The average Bonchev–Trinajstić information content (AvgIpc) is 2.44. The highest BCUT2D eigenvalue weighted by atomic mass is 32.2. The zero-order valence-electron chi connectivity index (χ0n) is 13.8.